The highest BCUT2D eigenvalue weighted by Gasteiger charge is 2.54. The zero-order chi connectivity index (χ0) is 21.9. The fourth-order valence-electron chi connectivity index (χ4n) is 11.5. The molecule has 0 unspecified atom stereocenters. The van der Waals surface area contributed by atoms with E-state index in [1.165, 1.54) is 69.6 Å². The lowest BCUT2D eigenvalue weighted by Gasteiger charge is -2.58. The van der Waals surface area contributed by atoms with Crippen LogP contribution in [-0.2, 0) is 5.41 Å². The van der Waals surface area contributed by atoms with Gasteiger partial charge in [0.05, 0.1) is 0 Å². The third kappa shape index (κ3) is 2.77. The van der Waals surface area contributed by atoms with Crippen molar-refractivity contribution in [3.8, 4) is 0 Å². The molecular formula is C32H41N. The summed E-state index contributed by atoms with van der Waals surface area (Å²) in [6.07, 6.45) is 16.6. The fraction of sp³-hybridized carbons (Fsp3) is 0.688. The van der Waals surface area contributed by atoms with Gasteiger partial charge in [-0.05, 0) is 151 Å². The minimum Gasteiger partial charge on any atom is -0.377 e. The quantitative estimate of drug-likeness (QED) is 0.469. The molecule has 8 bridgehead atoms. The van der Waals surface area contributed by atoms with Crippen molar-refractivity contribution in [3.05, 3.63) is 41.5 Å². The first-order valence-electron chi connectivity index (χ1n) is 14.3. The number of rotatable bonds is 3. The summed E-state index contributed by atoms with van der Waals surface area (Å²) >= 11 is 0. The number of anilines is 1. The Balaban J connectivity index is 1.37. The molecule has 0 atom stereocenters. The Hall–Kier alpha value is -1.50. The average Bonchev–Trinajstić information content (AvgIpc) is 2.76. The lowest BCUT2D eigenvalue weighted by Crippen LogP contribution is -2.49. The van der Waals surface area contributed by atoms with Crippen LogP contribution in [0.2, 0.25) is 0 Å². The maximum atomic E-state index is 2.68. The van der Waals surface area contributed by atoms with Crippen molar-refractivity contribution in [1.82, 2.24) is 0 Å². The first-order valence-corrected chi connectivity index (χ1v) is 14.3. The molecule has 0 aliphatic heterocycles. The van der Waals surface area contributed by atoms with Crippen LogP contribution in [0.5, 0.6) is 0 Å². The molecule has 2 aromatic rings. The van der Waals surface area contributed by atoms with E-state index in [4.69, 9.17) is 0 Å². The largest absolute Gasteiger partial charge is 0.377 e. The smallest absolute Gasteiger partial charge is 0.0441 e. The topological polar surface area (TPSA) is 3.24 Å². The molecule has 0 amide bonds. The van der Waals surface area contributed by atoms with Crippen molar-refractivity contribution in [2.75, 3.05) is 19.0 Å². The van der Waals surface area contributed by atoms with Crippen LogP contribution in [0, 0.1) is 41.4 Å². The monoisotopic (exact) mass is 439 g/mol. The van der Waals surface area contributed by atoms with Crippen molar-refractivity contribution in [2.24, 2.45) is 41.4 Å². The molecule has 8 aliphatic carbocycles. The molecule has 0 radical (unpaired) electrons. The van der Waals surface area contributed by atoms with Gasteiger partial charge in [-0.3, -0.25) is 0 Å². The predicted octanol–water partition coefficient (Wildman–Crippen LogP) is 7.91. The molecule has 0 N–H and O–H groups in total. The Kier molecular flexibility index (Phi) is 4.07. The first kappa shape index (κ1) is 19.8. The number of fused-ring (bicyclic) bond motifs is 1. The number of hydrogen-bond acceptors (Lipinski definition) is 1. The molecule has 33 heavy (non-hydrogen) atoms. The minimum absolute atomic E-state index is 0.440. The molecule has 2 aromatic carbocycles. The molecule has 8 aliphatic rings. The van der Waals surface area contributed by atoms with Gasteiger partial charge in [0.15, 0.2) is 0 Å². The van der Waals surface area contributed by atoms with Crippen LogP contribution in [0.15, 0.2) is 30.3 Å². The van der Waals surface area contributed by atoms with E-state index in [-0.39, 0.29) is 0 Å². The molecule has 1 nitrogen and oxygen atoms in total. The van der Waals surface area contributed by atoms with E-state index in [2.05, 4.69) is 49.3 Å². The van der Waals surface area contributed by atoms with Gasteiger partial charge in [-0.1, -0.05) is 24.3 Å². The maximum Gasteiger partial charge on any atom is 0.0441 e. The summed E-state index contributed by atoms with van der Waals surface area (Å²) in [5, 5.41) is 3.13. The van der Waals surface area contributed by atoms with Gasteiger partial charge < -0.3 is 4.90 Å². The Morgan fingerprint density at radius 1 is 0.697 bits per heavy atom. The van der Waals surface area contributed by atoms with Gasteiger partial charge in [0.25, 0.3) is 0 Å². The first-order chi connectivity index (χ1) is 16.1. The third-order valence-electron chi connectivity index (χ3n) is 11.7. The Labute approximate surface area is 200 Å². The summed E-state index contributed by atoms with van der Waals surface area (Å²) in [6, 6.07) is 12.2. The summed E-state index contributed by atoms with van der Waals surface area (Å²) in [6.45, 7) is 0. The summed E-state index contributed by atoms with van der Waals surface area (Å²) in [5.41, 5.74) is 5.68. The van der Waals surface area contributed by atoms with E-state index in [9.17, 15) is 0 Å². The normalized spacial score (nSPS) is 44.7. The minimum atomic E-state index is 0.440. The molecule has 0 spiro atoms. The van der Waals surface area contributed by atoms with E-state index in [0.717, 1.165) is 47.3 Å². The van der Waals surface area contributed by atoms with Gasteiger partial charge in [0.1, 0.15) is 0 Å². The van der Waals surface area contributed by atoms with Gasteiger partial charge in [0.2, 0.25) is 0 Å². The highest BCUT2D eigenvalue weighted by molar-refractivity contribution is 5.93. The summed E-state index contributed by atoms with van der Waals surface area (Å²) in [7, 11) is 4.74. The van der Waals surface area contributed by atoms with Crippen LogP contribution < -0.4 is 4.90 Å². The highest BCUT2D eigenvalue weighted by atomic mass is 15.1. The second kappa shape index (κ2) is 6.79. The lowest BCUT2D eigenvalue weighted by molar-refractivity contribution is -0.00607. The molecule has 0 heterocycles. The van der Waals surface area contributed by atoms with Gasteiger partial charge in [-0.25, -0.2) is 0 Å². The van der Waals surface area contributed by atoms with Crippen molar-refractivity contribution in [3.63, 3.8) is 0 Å². The Bertz CT molecular complexity index is 1050. The van der Waals surface area contributed by atoms with Crippen molar-refractivity contribution >= 4 is 16.5 Å². The van der Waals surface area contributed by atoms with E-state index in [0.29, 0.717) is 5.41 Å². The predicted molar refractivity (Wildman–Crippen MR) is 138 cm³/mol. The van der Waals surface area contributed by atoms with Crippen LogP contribution in [0.3, 0.4) is 0 Å². The fourth-order valence-corrected chi connectivity index (χ4v) is 11.5. The van der Waals surface area contributed by atoms with Crippen molar-refractivity contribution < 1.29 is 0 Å². The van der Waals surface area contributed by atoms with Crippen molar-refractivity contribution in [1.29, 1.82) is 0 Å². The molecule has 8 fully saturated rings. The Morgan fingerprint density at radius 2 is 1.24 bits per heavy atom. The molecule has 10 rings (SSSR count). The summed E-state index contributed by atoms with van der Waals surface area (Å²) in [5.74, 6) is 7.80. The summed E-state index contributed by atoms with van der Waals surface area (Å²) < 4.78 is 0. The summed E-state index contributed by atoms with van der Waals surface area (Å²) in [4.78, 5) is 2.57. The molecule has 1 heteroatoms. The van der Waals surface area contributed by atoms with E-state index >= 15 is 0 Å². The standard InChI is InChI=1S/C32H41N/c1-33(2)31-28(29-25-11-19-7-20(13-25)14-26(29)12-19)15-24-5-3-4-6-27(24)30(31)32-16-21-8-22(17-32)10-23(9-21)18-32/h3-6,15,19-23,25-26,29H,7-14,16-18H2,1-2H3. The van der Waals surface area contributed by atoms with Gasteiger partial charge in [-0.2, -0.15) is 0 Å². The number of nitrogens with zero attached hydrogens (tertiary/aromatic N) is 1. The zero-order valence-corrected chi connectivity index (χ0v) is 20.7. The molecule has 8 saturated carbocycles. The van der Waals surface area contributed by atoms with E-state index in [1.807, 2.05) is 0 Å². The molecular weight excluding hydrogens is 398 g/mol. The van der Waals surface area contributed by atoms with Crippen LogP contribution in [0.1, 0.15) is 87.7 Å². The highest BCUT2D eigenvalue weighted by Crippen LogP contribution is 2.65. The van der Waals surface area contributed by atoms with E-state index in [1.54, 1.807) is 28.6 Å². The van der Waals surface area contributed by atoms with Crippen molar-refractivity contribution in [2.45, 2.75) is 82.0 Å². The lowest BCUT2D eigenvalue weighted by atomic mass is 9.47. The van der Waals surface area contributed by atoms with Gasteiger partial charge in [-0.15, -0.1) is 0 Å². The second-order valence-corrected chi connectivity index (χ2v) is 14.0. The van der Waals surface area contributed by atoms with Crippen LogP contribution in [0.4, 0.5) is 5.69 Å². The van der Waals surface area contributed by atoms with Gasteiger partial charge >= 0.3 is 0 Å². The molecule has 0 aromatic heterocycles. The molecule has 174 valence electrons. The Morgan fingerprint density at radius 3 is 1.82 bits per heavy atom. The number of benzene rings is 2. The SMILES string of the molecule is CN(C)c1c(C2C3CC4CC(C3)CC2C4)cc2ccccc2c1C12CC3CC(CC(C3)C1)C2. The van der Waals surface area contributed by atoms with E-state index < -0.39 is 0 Å². The van der Waals surface area contributed by atoms with Gasteiger partial charge in [0, 0.05) is 19.8 Å². The second-order valence-electron chi connectivity index (χ2n) is 14.0. The third-order valence-corrected chi connectivity index (χ3v) is 11.7. The molecule has 0 saturated heterocycles. The maximum absolute atomic E-state index is 2.68. The van der Waals surface area contributed by atoms with Crippen LogP contribution >= 0.6 is 0 Å². The number of hydrogen-bond donors (Lipinski definition) is 0. The van der Waals surface area contributed by atoms with Crippen LogP contribution in [0.25, 0.3) is 10.8 Å². The van der Waals surface area contributed by atoms with Crippen LogP contribution in [-0.4, -0.2) is 14.1 Å². The average molecular weight is 440 g/mol. The zero-order valence-electron chi connectivity index (χ0n) is 20.7.